The van der Waals surface area contributed by atoms with Crippen LogP contribution in [0, 0.1) is 5.92 Å². The highest BCUT2D eigenvalue weighted by Crippen LogP contribution is 2.28. The van der Waals surface area contributed by atoms with E-state index >= 15 is 0 Å². The number of halogens is 2. The van der Waals surface area contributed by atoms with Gasteiger partial charge in [0.1, 0.15) is 0 Å². The fourth-order valence-electron chi connectivity index (χ4n) is 0.972. The molecule has 62 valence electrons. The predicted octanol–water partition coefficient (Wildman–Crippen LogP) is 2.05. The Morgan fingerprint density at radius 2 is 2.00 bits per heavy atom. The molecule has 1 unspecified atom stereocenters. The van der Waals surface area contributed by atoms with Gasteiger partial charge in [-0.15, -0.1) is 0 Å². The van der Waals surface area contributed by atoms with Crippen LogP contribution in [0.25, 0.3) is 0 Å². The fourth-order valence-corrected chi connectivity index (χ4v) is 0.972. The van der Waals surface area contributed by atoms with Crippen LogP contribution in [0.15, 0.2) is 0 Å². The number of alkyl halides is 2. The Kier molecular flexibility index (Phi) is 3.79. The highest BCUT2D eigenvalue weighted by atomic mass is 19.3. The number of hydrogen-bond donors (Lipinski definition) is 1. The number of aliphatic hydroxyl groups excluding tert-OH is 1. The van der Waals surface area contributed by atoms with Gasteiger partial charge in [-0.1, -0.05) is 6.92 Å². The Balaban J connectivity index is 3.81. The molecule has 10 heavy (non-hydrogen) atoms. The maximum atomic E-state index is 12.5. The van der Waals surface area contributed by atoms with Gasteiger partial charge in [0, 0.05) is 12.5 Å². The van der Waals surface area contributed by atoms with Crippen molar-refractivity contribution in [1.82, 2.24) is 0 Å². The number of aliphatic hydroxyl groups is 1. The summed E-state index contributed by atoms with van der Waals surface area (Å²) in [6, 6.07) is 0. The van der Waals surface area contributed by atoms with Crippen molar-refractivity contribution in [3.63, 3.8) is 0 Å². The average Bonchev–Trinajstić information content (AvgIpc) is 1.80. The van der Waals surface area contributed by atoms with Gasteiger partial charge < -0.3 is 5.11 Å². The average molecular weight is 152 g/mol. The molecule has 0 aliphatic rings. The lowest BCUT2D eigenvalue weighted by atomic mass is 9.96. The standard InChI is InChI=1S/C7H14F2O/c1-3-6(4-5-10)7(2,8)9/h6,10H,3-5H2,1-2H3. The van der Waals surface area contributed by atoms with Crippen LogP contribution in [0.5, 0.6) is 0 Å². The van der Waals surface area contributed by atoms with Gasteiger partial charge in [0.2, 0.25) is 5.92 Å². The molecule has 0 fully saturated rings. The van der Waals surface area contributed by atoms with Gasteiger partial charge in [0.25, 0.3) is 0 Å². The molecule has 0 aliphatic heterocycles. The molecule has 1 nitrogen and oxygen atoms in total. The summed E-state index contributed by atoms with van der Waals surface area (Å²) in [5.74, 6) is -3.31. The molecule has 0 bridgehead atoms. The van der Waals surface area contributed by atoms with E-state index in [2.05, 4.69) is 0 Å². The Hall–Kier alpha value is -0.180. The Morgan fingerprint density at radius 3 is 2.10 bits per heavy atom. The first-order chi connectivity index (χ1) is 4.52. The lowest BCUT2D eigenvalue weighted by molar-refractivity contribution is -0.0489. The third-order valence-corrected chi connectivity index (χ3v) is 1.69. The van der Waals surface area contributed by atoms with Crippen molar-refractivity contribution in [3.05, 3.63) is 0 Å². The molecule has 0 aromatic rings. The van der Waals surface area contributed by atoms with E-state index in [1.54, 1.807) is 6.92 Å². The van der Waals surface area contributed by atoms with E-state index in [1.807, 2.05) is 0 Å². The van der Waals surface area contributed by atoms with E-state index in [4.69, 9.17) is 5.11 Å². The quantitative estimate of drug-likeness (QED) is 0.653. The monoisotopic (exact) mass is 152 g/mol. The molecule has 0 spiro atoms. The van der Waals surface area contributed by atoms with Gasteiger partial charge >= 0.3 is 0 Å². The van der Waals surface area contributed by atoms with E-state index in [0.29, 0.717) is 6.42 Å². The minimum absolute atomic E-state index is 0.151. The molecule has 0 amide bonds. The van der Waals surface area contributed by atoms with Crippen molar-refractivity contribution < 1.29 is 13.9 Å². The van der Waals surface area contributed by atoms with Crippen LogP contribution in [0.1, 0.15) is 26.7 Å². The molecule has 0 radical (unpaired) electrons. The SMILES string of the molecule is CCC(CCO)C(C)(F)F. The molecule has 1 atom stereocenters. The van der Waals surface area contributed by atoms with Gasteiger partial charge in [-0.05, 0) is 19.8 Å². The van der Waals surface area contributed by atoms with Crippen LogP contribution in [-0.2, 0) is 0 Å². The molecule has 0 heterocycles. The third-order valence-electron chi connectivity index (χ3n) is 1.69. The van der Waals surface area contributed by atoms with Crippen LogP contribution in [0.2, 0.25) is 0 Å². The van der Waals surface area contributed by atoms with Crippen LogP contribution in [-0.4, -0.2) is 17.6 Å². The van der Waals surface area contributed by atoms with Crippen molar-refractivity contribution in [1.29, 1.82) is 0 Å². The van der Waals surface area contributed by atoms with Crippen molar-refractivity contribution in [2.75, 3.05) is 6.61 Å². The van der Waals surface area contributed by atoms with Crippen molar-refractivity contribution in [2.45, 2.75) is 32.6 Å². The van der Waals surface area contributed by atoms with E-state index in [1.165, 1.54) is 0 Å². The zero-order chi connectivity index (χ0) is 8.20. The maximum absolute atomic E-state index is 12.5. The first kappa shape index (κ1) is 9.82. The molecule has 0 saturated carbocycles. The summed E-state index contributed by atoms with van der Waals surface area (Å²) >= 11 is 0. The topological polar surface area (TPSA) is 20.2 Å². The Bertz CT molecular complexity index is 88.1. The van der Waals surface area contributed by atoms with Crippen molar-refractivity contribution >= 4 is 0 Å². The summed E-state index contributed by atoms with van der Waals surface area (Å²) in [6.07, 6.45) is 0.615. The van der Waals surface area contributed by atoms with E-state index in [-0.39, 0.29) is 13.0 Å². The van der Waals surface area contributed by atoms with Gasteiger partial charge in [-0.2, -0.15) is 0 Å². The summed E-state index contributed by atoms with van der Waals surface area (Å²) in [4.78, 5) is 0. The molecule has 1 N–H and O–H groups in total. The van der Waals surface area contributed by atoms with Gasteiger partial charge in [-0.25, -0.2) is 8.78 Å². The molecular weight excluding hydrogens is 138 g/mol. The van der Waals surface area contributed by atoms with E-state index < -0.39 is 11.8 Å². The van der Waals surface area contributed by atoms with Crippen molar-refractivity contribution in [3.8, 4) is 0 Å². The highest BCUT2D eigenvalue weighted by molar-refractivity contribution is 4.70. The second kappa shape index (κ2) is 3.86. The molecule has 3 heteroatoms. The lowest BCUT2D eigenvalue weighted by Crippen LogP contribution is -2.24. The minimum Gasteiger partial charge on any atom is -0.396 e. The maximum Gasteiger partial charge on any atom is 0.248 e. The van der Waals surface area contributed by atoms with Crippen molar-refractivity contribution in [2.24, 2.45) is 5.92 Å². The smallest absolute Gasteiger partial charge is 0.248 e. The first-order valence-electron chi connectivity index (χ1n) is 3.51. The van der Waals surface area contributed by atoms with Crippen LogP contribution >= 0.6 is 0 Å². The Labute approximate surface area is 60.1 Å². The summed E-state index contributed by atoms with van der Waals surface area (Å²) in [5, 5.41) is 8.40. The molecule has 0 aromatic carbocycles. The molecule has 0 aromatic heterocycles. The Morgan fingerprint density at radius 1 is 1.50 bits per heavy atom. The summed E-state index contributed by atoms with van der Waals surface area (Å²) in [5.41, 5.74) is 0. The number of rotatable bonds is 4. The summed E-state index contributed by atoms with van der Waals surface area (Å²) in [6.45, 7) is 2.45. The molecular formula is C7H14F2O. The van der Waals surface area contributed by atoms with Gasteiger partial charge in [0.05, 0.1) is 0 Å². The molecule has 0 rings (SSSR count). The van der Waals surface area contributed by atoms with E-state index in [9.17, 15) is 8.78 Å². The van der Waals surface area contributed by atoms with Crippen LogP contribution in [0.3, 0.4) is 0 Å². The molecule has 0 aliphatic carbocycles. The largest absolute Gasteiger partial charge is 0.396 e. The second-order valence-corrected chi connectivity index (χ2v) is 2.57. The van der Waals surface area contributed by atoms with Crippen LogP contribution < -0.4 is 0 Å². The fraction of sp³-hybridized carbons (Fsp3) is 1.00. The second-order valence-electron chi connectivity index (χ2n) is 2.57. The lowest BCUT2D eigenvalue weighted by Gasteiger charge is -2.20. The van der Waals surface area contributed by atoms with Crippen LogP contribution in [0.4, 0.5) is 8.78 Å². The third kappa shape index (κ3) is 3.11. The molecule has 0 saturated heterocycles. The van der Waals surface area contributed by atoms with Gasteiger partial charge in [0.15, 0.2) is 0 Å². The summed E-state index contributed by atoms with van der Waals surface area (Å²) < 4.78 is 24.9. The minimum atomic E-state index is -2.64. The van der Waals surface area contributed by atoms with E-state index in [0.717, 1.165) is 6.92 Å². The predicted molar refractivity (Wildman–Crippen MR) is 36.1 cm³/mol. The van der Waals surface area contributed by atoms with Gasteiger partial charge in [-0.3, -0.25) is 0 Å². The highest BCUT2D eigenvalue weighted by Gasteiger charge is 2.31. The summed E-state index contributed by atoms with van der Waals surface area (Å²) in [7, 11) is 0. The first-order valence-corrected chi connectivity index (χ1v) is 3.51. The number of hydrogen-bond acceptors (Lipinski definition) is 1. The zero-order valence-corrected chi connectivity index (χ0v) is 6.40. The normalized spacial score (nSPS) is 15.3. The zero-order valence-electron chi connectivity index (χ0n) is 6.40.